The Hall–Kier alpha value is -1.73. The number of hydrogen-bond donors (Lipinski definition) is 1. The molecule has 0 aliphatic carbocycles. The monoisotopic (exact) mass is 266 g/mol. The van der Waals surface area contributed by atoms with Crippen molar-refractivity contribution in [1.29, 1.82) is 0 Å². The summed E-state index contributed by atoms with van der Waals surface area (Å²) in [7, 11) is 2.03. The van der Waals surface area contributed by atoms with Gasteiger partial charge in [-0.3, -0.25) is 10.1 Å². The lowest BCUT2D eigenvalue weighted by Crippen LogP contribution is -2.43. The molecular weight excluding hydrogens is 248 g/mol. The van der Waals surface area contributed by atoms with Gasteiger partial charge < -0.3 is 15.0 Å². The van der Waals surface area contributed by atoms with Crippen molar-refractivity contribution in [3.8, 4) is 0 Å². The van der Waals surface area contributed by atoms with E-state index in [1.165, 1.54) is 6.07 Å². The lowest BCUT2D eigenvalue weighted by atomic mass is 10.2. The summed E-state index contributed by atoms with van der Waals surface area (Å²) >= 11 is 0. The van der Waals surface area contributed by atoms with Crippen LogP contribution in [0.15, 0.2) is 12.1 Å². The number of nitrogens with zero attached hydrogens (tertiary/aromatic N) is 3. The fourth-order valence-corrected chi connectivity index (χ4v) is 2.03. The fourth-order valence-electron chi connectivity index (χ4n) is 2.03. The molecule has 7 nitrogen and oxygen atoms in total. The first-order valence-electron chi connectivity index (χ1n) is 6.22. The summed E-state index contributed by atoms with van der Waals surface area (Å²) in [5.74, 6) is 0.307. The second-order valence-electron chi connectivity index (χ2n) is 4.71. The molecule has 2 rings (SSSR count). The van der Waals surface area contributed by atoms with Crippen LogP contribution in [0.2, 0.25) is 0 Å². The van der Waals surface area contributed by atoms with Crippen LogP contribution >= 0.6 is 0 Å². The highest BCUT2D eigenvalue weighted by atomic mass is 16.6. The van der Waals surface area contributed by atoms with Gasteiger partial charge in [0.05, 0.1) is 17.6 Å². The van der Waals surface area contributed by atoms with Gasteiger partial charge in [-0.25, -0.2) is 4.98 Å². The molecule has 2 heterocycles. The number of nitro groups is 1. The highest BCUT2D eigenvalue weighted by Gasteiger charge is 2.20. The summed E-state index contributed by atoms with van der Waals surface area (Å²) in [5, 5.41) is 13.9. The number of likely N-dealkylation sites (N-methyl/N-ethyl adjacent to an activating group) is 1. The van der Waals surface area contributed by atoms with Crippen LogP contribution < -0.4 is 5.32 Å². The summed E-state index contributed by atoms with van der Waals surface area (Å²) in [6, 6.07) is 3.10. The van der Waals surface area contributed by atoms with Crippen LogP contribution in [0, 0.1) is 17.0 Å². The summed E-state index contributed by atoms with van der Waals surface area (Å²) in [5.41, 5.74) is 0.740. The van der Waals surface area contributed by atoms with Crippen LogP contribution in [-0.2, 0) is 4.74 Å². The maximum absolute atomic E-state index is 10.9. The Kier molecular flexibility index (Phi) is 4.28. The molecule has 1 aliphatic rings. The molecular formula is C12H18N4O3. The Morgan fingerprint density at radius 1 is 1.63 bits per heavy atom. The van der Waals surface area contributed by atoms with Crippen LogP contribution in [-0.4, -0.2) is 54.2 Å². The van der Waals surface area contributed by atoms with Crippen LogP contribution in [0.25, 0.3) is 0 Å². The molecule has 0 saturated carbocycles. The molecule has 1 aromatic rings. The first-order chi connectivity index (χ1) is 9.06. The molecule has 0 radical (unpaired) electrons. The third kappa shape index (κ3) is 3.62. The van der Waals surface area contributed by atoms with Crippen molar-refractivity contribution in [2.45, 2.75) is 13.0 Å². The number of aryl methyl sites for hydroxylation is 1. The van der Waals surface area contributed by atoms with Gasteiger partial charge in [-0.15, -0.1) is 0 Å². The maximum Gasteiger partial charge on any atom is 0.311 e. The van der Waals surface area contributed by atoms with E-state index in [2.05, 4.69) is 15.2 Å². The third-order valence-corrected chi connectivity index (χ3v) is 3.05. The molecule has 1 N–H and O–H groups in total. The number of anilines is 1. The van der Waals surface area contributed by atoms with Crippen LogP contribution in [0.5, 0.6) is 0 Å². The molecule has 1 fully saturated rings. The van der Waals surface area contributed by atoms with Crippen LogP contribution in [0.1, 0.15) is 5.69 Å². The number of aromatic nitrogens is 1. The van der Waals surface area contributed by atoms with Crippen molar-refractivity contribution in [3.05, 3.63) is 27.9 Å². The van der Waals surface area contributed by atoms with E-state index in [1.807, 2.05) is 7.05 Å². The van der Waals surface area contributed by atoms with Gasteiger partial charge in [0, 0.05) is 31.4 Å². The lowest BCUT2D eigenvalue weighted by Gasteiger charge is -2.30. The molecule has 0 amide bonds. The van der Waals surface area contributed by atoms with E-state index >= 15 is 0 Å². The van der Waals surface area contributed by atoms with E-state index in [1.54, 1.807) is 13.0 Å². The zero-order chi connectivity index (χ0) is 13.8. The van der Waals surface area contributed by atoms with Gasteiger partial charge in [0.2, 0.25) is 5.82 Å². The topological polar surface area (TPSA) is 80.5 Å². The van der Waals surface area contributed by atoms with E-state index in [-0.39, 0.29) is 11.8 Å². The molecule has 1 atom stereocenters. The minimum absolute atomic E-state index is 0.00485. The minimum atomic E-state index is -0.428. The average molecular weight is 266 g/mol. The molecule has 7 heteroatoms. The number of pyridine rings is 1. The van der Waals surface area contributed by atoms with Crippen molar-refractivity contribution in [2.75, 3.05) is 38.6 Å². The second kappa shape index (κ2) is 5.94. The highest BCUT2D eigenvalue weighted by molar-refractivity contribution is 5.56. The Labute approximate surface area is 111 Å². The molecule has 104 valence electrons. The predicted molar refractivity (Wildman–Crippen MR) is 71.4 cm³/mol. The van der Waals surface area contributed by atoms with E-state index in [9.17, 15) is 10.1 Å². The maximum atomic E-state index is 10.9. The zero-order valence-electron chi connectivity index (χ0n) is 11.1. The molecule has 0 bridgehead atoms. The van der Waals surface area contributed by atoms with Gasteiger partial charge in [0.25, 0.3) is 0 Å². The number of morpholine rings is 1. The Bertz CT molecular complexity index is 466. The van der Waals surface area contributed by atoms with Gasteiger partial charge >= 0.3 is 5.69 Å². The highest BCUT2D eigenvalue weighted by Crippen LogP contribution is 2.22. The van der Waals surface area contributed by atoms with Gasteiger partial charge in [0.1, 0.15) is 0 Å². The lowest BCUT2D eigenvalue weighted by molar-refractivity contribution is -0.384. The van der Waals surface area contributed by atoms with Crippen molar-refractivity contribution in [1.82, 2.24) is 9.88 Å². The molecule has 1 aromatic heterocycles. The third-order valence-electron chi connectivity index (χ3n) is 3.05. The number of hydrogen-bond acceptors (Lipinski definition) is 6. The summed E-state index contributed by atoms with van der Waals surface area (Å²) < 4.78 is 5.60. The molecule has 1 saturated heterocycles. The van der Waals surface area contributed by atoms with Crippen molar-refractivity contribution < 1.29 is 9.66 Å². The second-order valence-corrected chi connectivity index (χ2v) is 4.71. The fraction of sp³-hybridized carbons (Fsp3) is 0.583. The largest absolute Gasteiger partial charge is 0.374 e. The van der Waals surface area contributed by atoms with Gasteiger partial charge in [0.15, 0.2) is 0 Å². The van der Waals surface area contributed by atoms with E-state index in [4.69, 9.17) is 4.74 Å². The summed E-state index contributed by atoms with van der Waals surface area (Å²) in [4.78, 5) is 16.8. The van der Waals surface area contributed by atoms with Crippen molar-refractivity contribution in [3.63, 3.8) is 0 Å². The summed E-state index contributed by atoms with van der Waals surface area (Å²) in [6.45, 7) is 4.74. The number of ether oxygens (including phenoxy) is 1. The minimum Gasteiger partial charge on any atom is -0.374 e. The first-order valence-corrected chi connectivity index (χ1v) is 6.22. The van der Waals surface area contributed by atoms with E-state index < -0.39 is 4.92 Å². The predicted octanol–water partition coefficient (Wildman–Crippen LogP) is 1.04. The first kappa shape index (κ1) is 13.7. The number of nitrogens with one attached hydrogen (secondary N) is 1. The Balaban J connectivity index is 2.02. The molecule has 19 heavy (non-hydrogen) atoms. The zero-order valence-corrected chi connectivity index (χ0v) is 11.1. The molecule has 1 unspecified atom stereocenters. The standard InChI is InChI=1S/C12H18N4O3/c1-9-3-4-11(16(17)18)12(14-9)13-7-10-8-15(2)5-6-19-10/h3-4,10H,5-8H2,1-2H3,(H,13,14). The van der Waals surface area contributed by atoms with Gasteiger partial charge in [-0.1, -0.05) is 0 Å². The normalized spacial score (nSPS) is 20.2. The molecule has 1 aliphatic heterocycles. The SMILES string of the molecule is Cc1ccc([N+](=O)[O-])c(NCC2CN(C)CCO2)n1. The smallest absolute Gasteiger partial charge is 0.311 e. The van der Waals surface area contributed by atoms with Gasteiger partial charge in [-0.2, -0.15) is 0 Å². The number of rotatable bonds is 4. The van der Waals surface area contributed by atoms with Crippen LogP contribution in [0.4, 0.5) is 11.5 Å². The van der Waals surface area contributed by atoms with E-state index in [0.29, 0.717) is 19.0 Å². The molecule has 0 aromatic carbocycles. The summed E-state index contributed by atoms with van der Waals surface area (Å²) in [6.07, 6.45) is 0.0284. The Morgan fingerprint density at radius 2 is 2.42 bits per heavy atom. The Morgan fingerprint density at radius 3 is 3.11 bits per heavy atom. The quantitative estimate of drug-likeness (QED) is 0.648. The molecule has 0 spiro atoms. The van der Waals surface area contributed by atoms with Crippen LogP contribution in [0.3, 0.4) is 0 Å². The van der Waals surface area contributed by atoms with E-state index in [0.717, 1.165) is 18.8 Å². The van der Waals surface area contributed by atoms with Crippen molar-refractivity contribution in [2.24, 2.45) is 0 Å². The van der Waals surface area contributed by atoms with Gasteiger partial charge in [-0.05, 0) is 20.0 Å². The van der Waals surface area contributed by atoms with Crippen molar-refractivity contribution >= 4 is 11.5 Å². The average Bonchev–Trinajstić information content (AvgIpc) is 2.36.